The molecule has 25 heavy (non-hydrogen) atoms. The minimum Gasteiger partial charge on any atom is -0.508 e. The summed E-state index contributed by atoms with van der Waals surface area (Å²) >= 11 is 0. The second-order valence-electron chi connectivity index (χ2n) is 8.05. The molecule has 2 nitrogen and oxygen atoms in total. The lowest BCUT2D eigenvalue weighted by Gasteiger charge is -2.27. The SMILES string of the molecule is CCC(C)(C)c1cccc(O)c1CCCCCCCCCCCCO. The Balaban J connectivity index is 2.24. The van der Waals surface area contributed by atoms with Crippen LogP contribution in [0.1, 0.15) is 103 Å². The minimum atomic E-state index is 0.129. The minimum absolute atomic E-state index is 0.129. The molecule has 0 spiro atoms. The molecule has 1 aromatic rings. The maximum Gasteiger partial charge on any atom is 0.119 e. The Bertz CT molecular complexity index is 465. The molecule has 0 radical (unpaired) electrons. The monoisotopic (exact) mass is 348 g/mol. The van der Waals surface area contributed by atoms with E-state index in [2.05, 4.69) is 26.8 Å². The van der Waals surface area contributed by atoms with Gasteiger partial charge in [0.15, 0.2) is 0 Å². The number of aromatic hydroxyl groups is 1. The number of rotatable bonds is 14. The van der Waals surface area contributed by atoms with E-state index in [1.165, 1.54) is 68.9 Å². The Morgan fingerprint density at radius 1 is 0.800 bits per heavy atom. The largest absolute Gasteiger partial charge is 0.508 e. The van der Waals surface area contributed by atoms with E-state index in [9.17, 15) is 5.11 Å². The van der Waals surface area contributed by atoms with Crippen molar-refractivity contribution in [2.75, 3.05) is 6.61 Å². The zero-order chi connectivity index (χ0) is 18.5. The number of phenolic OH excluding ortho intramolecular Hbond substituents is 1. The van der Waals surface area contributed by atoms with Gasteiger partial charge in [0.2, 0.25) is 0 Å². The molecule has 0 aromatic heterocycles. The number of hydrogen-bond acceptors (Lipinski definition) is 2. The van der Waals surface area contributed by atoms with Crippen LogP contribution in [0.25, 0.3) is 0 Å². The average Bonchev–Trinajstić information content (AvgIpc) is 2.60. The third kappa shape index (κ3) is 8.27. The molecular formula is C23H40O2. The molecule has 0 fully saturated rings. The molecule has 0 aliphatic heterocycles. The van der Waals surface area contributed by atoms with Gasteiger partial charge in [0, 0.05) is 6.61 Å². The van der Waals surface area contributed by atoms with Crippen LogP contribution in [0.3, 0.4) is 0 Å². The number of phenols is 1. The van der Waals surface area contributed by atoms with Crippen LogP contribution in [0.5, 0.6) is 5.75 Å². The van der Waals surface area contributed by atoms with Gasteiger partial charge in [-0.2, -0.15) is 0 Å². The van der Waals surface area contributed by atoms with Gasteiger partial charge in [0.25, 0.3) is 0 Å². The van der Waals surface area contributed by atoms with Crippen molar-refractivity contribution in [2.45, 2.75) is 103 Å². The first-order valence-electron chi connectivity index (χ1n) is 10.4. The van der Waals surface area contributed by atoms with Crippen molar-refractivity contribution in [1.82, 2.24) is 0 Å². The van der Waals surface area contributed by atoms with E-state index >= 15 is 0 Å². The average molecular weight is 349 g/mol. The molecular weight excluding hydrogens is 308 g/mol. The Labute approximate surface area is 155 Å². The van der Waals surface area contributed by atoms with Crippen LogP contribution in [0.15, 0.2) is 18.2 Å². The molecule has 0 unspecified atom stereocenters. The van der Waals surface area contributed by atoms with Crippen molar-refractivity contribution in [3.05, 3.63) is 29.3 Å². The lowest BCUT2D eigenvalue weighted by Crippen LogP contribution is -2.18. The summed E-state index contributed by atoms with van der Waals surface area (Å²) in [6, 6.07) is 6.00. The summed E-state index contributed by atoms with van der Waals surface area (Å²) in [6.07, 6.45) is 14.5. The van der Waals surface area contributed by atoms with E-state index in [1.807, 2.05) is 12.1 Å². The molecule has 0 atom stereocenters. The summed E-state index contributed by atoms with van der Waals surface area (Å²) in [5.41, 5.74) is 2.61. The molecule has 0 aliphatic rings. The maximum atomic E-state index is 10.3. The normalized spacial score (nSPS) is 11.8. The number of aliphatic hydroxyl groups excluding tert-OH is 1. The van der Waals surface area contributed by atoms with Gasteiger partial charge in [0.05, 0.1) is 0 Å². The maximum absolute atomic E-state index is 10.3. The molecule has 0 amide bonds. The van der Waals surface area contributed by atoms with Gasteiger partial charge in [-0.05, 0) is 48.3 Å². The highest BCUT2D eigenvalue weighted by molar-refractivity contribution is 5.43. The van der Waals surface area contributed by atoms with E-state index < -0.39 is 0 Å². The molecule has 0 heterocycles. The highest BCUT2D eigenvalue weighted by Crippen LogP contribution is 2.34. The summed E-state index contributed by atoms with van der Waals surface area (Å²) in [7, 11) is 0. The van der Waals surface area contributed by atoms with Crippen LogP contribution in [-0.2, 0) is 11.8 Å². The van der Waals surface area contributed by atoms with Crippen LogP contribution < -0.4 is 0 Å². The van der Waals surface area contributed by atoms with Gasteiger partial charge in [-0.25, -0.2) is 0 Å². The molecule has 0 aliphatic carbocycles. The van der Waals surface area contributed by atoms with Crippen LogP contribution in [0.2, 0.25) is 0 Å². The van der Waals surface area contributed by atoms with Crippen molar-refractivity contribution >= 4 is 0 Å². The number of unbranched alkanes of at least 4 members (excludes halogenated alkanes) is 9. The Hall–Kier alpha value is -1.02. The first-order chi connectivity index (χ1) is 12.0. The van der Waals surface area contributed by atoms with E-state index in [0.29, 0.717) is 12.4 Å². The van der Waals surface area contributed by atoms with Crippen molar-refractivity contribution in [2.24, 2.45) is 0 Å². The molecule has 0 saturated carbocycles. The predicted octanol–water partition coefficient (Wildman–Crippen LogP) is 6.52. The summed E-state index contributed by atoms with van der Waals surface area (Å²) in [4.78, 5) is 0. The van der Waals surface area contributed by atoms with Crippen molar-refractivity contribution in [1.29, 1.82) is 0 Å². The van der Waals surface area contributed by atoms with Crippen LogP contribution in [0.4, 0.5) is 0 Å². The highest BCUT2D eigenvalue weighted by atomic mass is 16.3. The third-order valence-electron chi connectivity index (χ3n) is 5.60. The number of hydrogen-bond donors (Lipinski definition) is 2. The molecule has 0 saturated heterocycles. The number of benzene rings is 1. The first kappa shape index (κ1) is 22.0. The van der Waals surface area contributed by atoms with Gasteiger partial charge in [-0.15, -0.1) is 0 Å². The fourth-order valence-electron chi connectivity index (χ4n) is 3.49. The fraction of sp³-hybridized carbons (Fsp3) is 0.739. The van der Waals surface area contributed by atoms with Gasteiger partial charge in [-0.1, -0.05) is 84.3 Å². The van der Waals surface area contributed by atoms with E-state index in [0.717, 1.165) is 19.3 Å². The molecule has 2 N–H and O–H groups in total. The van der Waals surface area contributed by atoms with E-state index in [1.54, 1.807) is 0 Å². The fourth-order valence-corrected chi connectivity index (χ4v) is 3.49. The summed E-state index contributed by atoms with van der Waals surface area (Å²) < 4.78 is 0. The van der Waals surface area contributed by atoms with Crippen LogP contribution in [0, 0.1) is 0 Å². The molecule has 1 rings (SSSR count). The standard InChI is InChI=1S/C23H40O2/c1-4-23(2,3)21-17-15-18-22(25)20(21)16-13-11-9-7-5-6-8-10-12-14-19-24/h15,17-18,24-25H,4-14,16,19H2,1-3H3. The Kier molecular flexibility index (Phi) is 10.9. The Morgan fingerprint density at radius 2 is 1.32 bits per heavy atom. The zero-order valence-electron chi connectivity index (χ0n) is 16.8. The van der Waals surface area contributed by atoms with E-state index in [4.69, 9.17) is 5.11 Å². The van der Waals surface area contributed by atoms with Crippen LogP contribution in [-0.4, -0.2) is 16.8 Å². The summed E-state index contributed by atoms with van der Waals surface area (Å²) in [6.45, 7) is 7.10. The van der Waals surface area contributed by atoms with Crippen molar-refractivity contribution in [3.63, 3.8) is 0 Å². The molecule has 2 heteroatoms. The summed E-state index contributed by atoms with van der Waals surface area (Å²) in [5, 5.41) is 19.0. The lowest BCUT2D eigenvalue weighted by molar-refractivity contribution is 0.282. The molecule has 144 valence electrons. The van der Waals surface area contributed by atoms with Crippen molar-refractivity contribution < 1.29 is 10.2 Å². The number of aliphatic hydroxyl groups is 1. The quantitative estimate of drug-likeness (QED) is 0.376. The van der Waals surface area contributed by atoms with Gasteiger partial charge in [0.1, 0.15) is 5.75 Å². The van der Waals surface area contributed by atoms with Gasteiger partial charge in [-0.3, -0.25) is 0 Å². The van der Waals surface area contributed by atoms with Gasteiger partial charge >= 0.3 is 0 Å². The molecule has 0 bridgehead atoms. The van der Waals surface area contributed by atoms with Crippen LogP contribution >= 0.6 is 0 Å². The molecule has 1 aromatic carbocycles. The summed E-state index contributed by atoms with van der Waals surface area (Å²) in [5.74, 6) is 0.474. The first-order valence-corrected chi connectivity index (χ1v) is 10.4. The topological polar surface area (TPSA) is 40.5 Å². The smallest absolute Gasteiger partial charge is 0.119 e. The van der Waals surface area contributed by atoms with Gasteiger partial charge < -0.3 is 10.2 Å². The highest BCUT2D eigenvalue weighted by Gasteiger charge is 2.22. The second kappa shape index (κ2) is 12.4. The third-order valence-corrected chi connectivity index (χ3v) is 5.60. The lowest BCUT2D eigenvalue weighted by atomic mass is 9.78. The predicted molar refractivity (Wildman–Crippen MR) is 108 cm³/mol. The Morgan fingerprint density at radius 3 is 1.84 bits per heavy atom. The van der Waals surface area contributed by atoms with Crippen molar-refractivity contribution in [3.8, 4) is 5.75 Å². The second-order valence-corrected chi connectivity index (χ2v) is 8.05. The zero-order valence-corrected chi connectivity index (χ0v) is 16.8. The van der Waals surface area contributed by atoms with E-state index in [-0.39, 0.29) is 5.41 Å².